The van der Waals surface area contributed by atoms with Crippen LogP contribution in [0.15, 0.2) is 22.5 Å². The van der Waals surface area contributed by atoms with E-state index in [4.69, 9.17) is 18.4 Å². The number of rotatable bonds is 1. The van der Waals surface area contributed by atoms with E-state index in [1.165, 1.54) is 11.3 Å². The minimum atomic E-state index is -0.467. The Morgan fingerprint density at radius 3 is 3.00 bits per heavy atom. The van der Waals surface area contributed by atoms with E-state index in [1.807, 2.05) is 6.07 Å². The van der Waals surface area contributed by atoms with E-state index in [2.05, 4.69) is 4.98 Å². The molecule has 1 aromatic heterocycles. The number of primary amides is 1. The van der Waals surface area contributed by atoms with E-state index in [1.54, 1.807) is 12.1 Å². The molecule has 2 N–H and O–H groups in total. The summed E-state index contributed by atoms with van der Waals surface area (Å²) in [6.45, 7) is 0. The van der Waals surface area contributed by atoms with E-state index in [9.17, 15) is 4.79 Å². The van der Waals surface area contributed by atoms with Crippen LogP contribution in [-0.2, 0) is 0 Å². The highest BCUT2D eigenvalue weighted by Crippen LogP contribution is 2.26. The number of amides is 1. The van der Waals surface area contributed by atoms with Gasteiger partial charge in [0.1, 0.15) is 0 Å². The summed E-state index contributed by atoms with van der Waals surface area (Å²) in [6.07, 6.45) is 0. The topological polar surface area (TPSA) is 56.0 Å². The predicted octanol–water partition coefficient (Wildman–Crippen LogP) is 1.95. The fraction of sp³-hybridized carbons (Fsp3) is 0. The van der Waals surface area contributed by atoms with Crippen molar-refractivity contribution in [3.05, 3.63) is 23.8 Å². The van der Waals surface area contributed by atoms with Crippen molar-refractivity contribution < 1.29 is 4.79 Å². The quantitative estimate of drug-likeness (QED) is 0.780. The maximum atomic E-state index is 11.0. The molecule has 65 valence electrons. The zero-order valence-electron chi connectivity index (χ0n) is 6.48. The molecule has 1 heterocycles. The highest BCUT2D eigenvalue weighted by molar-refractivity contribution is 7.82. The summed E-state index contributed by atoms with van der Waals surface area (Å²) in [7, 11) is 0. The van der Waals surface area contributed by atoms with Crippen molar-refractivity contribution in [1.29, 1.82) is 0 Å². The Labute approximate surface area is 84.0 Å². The molecule has 0 bridgehead atoms. The summed E-state index contributed by atoms with van der Waals surface area (Å²) in [5, 5.41) is 0. The van der Waals surface area contributed by atoms with Gasteiger partial charge in [-0.25, -0.2) is 4.98 Å². The van der Waals surface area contributed by atoms with Crippen molar-refractivity contribution in [2.24, 2.45) is 5.73 Å². The predicted molar refractivity (Wildman–Crippen MR) is 54.0 cm³/mol. The van der Waals surface area contributed by atoms with Gasteiger partial charge >= 0.3 is 0 Å². The van der Waals surface area contributed by atoms with Crippen molar-refractivity contribution in [2.75, 3.05) is 0 Å². The molecule has 0 aliphatic rings. The molecule has 2 rings (SSSR count). The lowest BCUT2D eigenvalue weighted by Crippen LogP contribution is -2.11. The van der Waals surface area contributed by atoms with Crippen LogP contribution in [0, 0.1) is 0 Å². The molecule has 1 aromatic carbocycles. The van der Waals surface area contributed by atoms with Crippen LogP contribution < -0.4 is 5.73 Å². The second-order valence-corrected chi connectivity index (χ2v) is 4.17. The molecule has 0 saturated carbocycles. The van der Waals surface area contributed by atoms with E-state index >= 15 is 0 Å². The molecule has 13 heavy (non-hydrogen) atoms. The van der Waals surface area contributed by atoms with Gasteiger partial charge in [0.25, 0.3) is 5.91 Å². The van der Waals surface area contributed by atoms with Gasteiger partial charge in [-0.2, -0.15) is 0 Å². The average molecular weight is 209 g/mol. The number of aromatic nitrogens is 1. The molecule has 0 atom stereocenters. The first kappa shape index (κ1) is 8.40. The monoisotopic (exact) mass is 209 g/mol. The zero-order chi connectivity index (χ0) is 9.42. The van der Waals surface area contributed by atoms with Crippen LogP contribution in [0.4, 0.5) is 0 Å². The van der Waals surface area contributed by atoms with Crippen LogP contribution >= 0.6 is 24.0 Å². The van der Waals surface area contributed by atoms with Gasteiger partial charge in [0.2, 0.25) is 0 Å². The molecular formula is C8H5N2OS2. The summed E-state index contributed by atoms with van der Waals surface area (Å²) in [4.78, 5) is 15.0. The fourth-order valence-corrected chi connectivity index (χ4v) is 2.21. The number of nitrogens with two attached hydrogens (primary N) is 1. The van der Waals surface area contributed by atoms with Gasteiger partial charge in [0.05, 0.1) is 15.8 Å². The van der Waals surface area contributed by atoms with Gasteiger partial charge in [-0.05, 0) is 24.8 Å². The molecule has 0 aliphatic heterocycles. The number of benzene rings is 1. The first-order valence-corrected chi connectivity index (χ1v) is 4.77. The smallest absolute Gasteiger partial charge is 0.250 e. The largest absolute Gasteiger partial charge is 0.366 e. The minimum Gasteiger partial charge on any atom is -0.366 e. The molecule has 1 amide bonds. The molecule has 1 radical (unpaired) electrons. The number of nitrogens with zero attached hydrogens (tertiary/aromatic N) is 1. The standard InChI is InChI=1S/C8H5N2OS2/c9-7(11)4-2-1-3-5-6(4)10-8(12)13-5/h1-3H,(H2,9,11). The van der Waals surface area contributed by atoms with E-state index in [0.717, 1.165) is 4.70 Å². The van der Waals surface area contributed by atoms with E-state index in [-0.39, 0.29) is 0 Å². The lowest BCUT2D eigenvalue weighted by atomic mass is 10.2. The number of hydrogen-bond acceptors (Lipinski definition) is 3. The van der Waals surface area contributed by atoms with Crippen molar-refractivity contribution in [2.45, 2.75) is 4.34 Å². The van der Waals surface area contributed by atoms with Gasteiger partial charge in [-0.3, -0.25) is 4.79 Å². The van der Waals surface area contributed by atoms with Crippen LogP contribution in [0.1, 0.15) is 10.4 Å². The Kier molecular flexibility index (Phi) is 1.90. The number of carbonyl (C=O) groups excluding carboxylic acids is 1. The summed E-state index contributed by atoms with van der Waals surface area (Å²) in [5.41, 5.74) is 6.23. The SMILES string of the molecule is NC(=O)c1cccc2sc([S])nc12. The Morgan fingerprint density at radius 2 is 2.31 bits per heavy atom. The maximum absolute atomic E-state index is 11.0. The summed E-state index contributed by atoms with van der Waals surface area (Å²) in [6, 6.07) is 5.30. The summed E-state index contributed by atoms with van der Waals surface area (Å²) < 4.78 is 1.44. The van der Waals surface area contributed by atoms with Crippen molar-refractivity contribution >= 4 is 40.1 Å². The van der Waals surface area contributed by atoms with Crippen molar-refractivity contribution in [3.63, 3.8) is 0 Å². The lowest BCUT2D eigenvalue weighted by molar-refractivity contribution is 0.100. The van der Waals surface area contributed by atoms with E-state index in [0.29, 0.717) is 15.4 Å². The van der Waals surface area contributed by atoms with Gasteiger partial charge in [-0.15, -0.1) is 11.3 Å². The molecule has 2 aromatic rings. The van der Waals surface area contributed by atoms with Crippen LogP contribution in [0.3, 0.4) is 0 Å². The molecule has 0 unspecified atom stereocenters. The number of fused-ring (bicyclic) bond motifs is 1. The first-order chi connectivity index (χ1) is 6.18. The third-order valence-corrected chi connectivity index (χ3v) is 2.82. The molecule has 3 nitrogen and oxygen atoms in total. The molecule has 5 heteroatoms. The van der Waals surface area contributed by atoms with E-state index < -0.39 is 5.91 Å². The number of para-hydroxylation sites is 1. The second kappa shape index (κ2) is 2.93. The van der Waals surface area contributed by atoms with Crippen LogP contribution in [0.5, 0.6) is 0 Å². The number of carbonyl (C=O) groups is 1. The van der Waals surface area contributed by atoms with Crippen LogP contribution in [0.2, 0.25) is 0 Å². The third kappa shape index (κ3) is 1.36. The highest BCUT2D eigenvalue weighted by atomic mass is 32.2. The van der Waals surface area contributed by atoms with Crippen LogP contribution in [0.25, 0.3) is 10.2 Å². The first-order valence-electron chi connectivity index (χ1n) is 3.55. The normalized spacial score (nSPS) is 10.5. The van der Waals surface area contributed by atoms with Crippen LogP contribution in [-0.4, -0.2) is 10.9 Å². The fourth-order valence-electron chi connectivity index (χ4n) is 1.13. The summed E-state index contributed by atoms with van der Waals surface area (Å²) >= 11 is 6.29. The van der Waals surface area contributed by atoms with Crippen molar-refractivity contribution in [1.82, 2.24) is 4.98 Å². The Hall–Kier alpha value is -1.20. The van der Waals surface area contributed by atoms with Gasteiger partial charge in [-0.1, -0.05) is 6.07 Å². The molecule has 0 fully saturated rings. The number of hydrogen-bond donors (Lipinski definition) is 1. The van der Waals surface area contributed by atoms with Crippen molar-refractivity contribution in [3.8, 4) is 0 Å². The Balaban J connectivity index is 2.82. The highest BCUT2D eigenvalue weighted by Gasteiger charge is 2.09. The molecule has 0 saturated heterocycles. The number of thiazole rings is 1. The van der Waals surface area contributed by atoms with Gasteiger partial charge < -0.3 is 5.73 Å². The molecule has 0 spiro atoms. The maximum Gasteiger partial charge on any atom is 0.250 e. The minimum absolute atomic E-state index is 0.435. The van der Waals surface area contributed by atoms with Gasteiger partial charge in [0.15, 0.2) is 4.34 Å². The van der Waals surface area contributed by atoms with Gasteiger partial charge in [0, 0.05) is 0 Å². The molecular weight excluding hydrogens is 204 g/mol. The third-order valence-electron chi connectivity index (χ3n) is 1.66. The molecule has 0 aliphatic carbocycles. The lowest BCUT2D eigenvalue weighted by Gasteiger charge is -1.94. The average Bonchev–Trinajstić information content (AvgIpc) is 2.43. The zero-order valence-corrected chi connectivity index (χ0v) is 8.11. The second-order valence-electron chi connectivity index (χ2n) is 2.50. The Bertz CT molecular complexity index is 478. The summed E-state index contributed by atoms with van der Waals surface area (Å²) in [5.74, 6) is -0.467. The Morgan fingerprint density at radius 1 is 1.54 bits per heavy atom.